The summed E-state index contributed by atoms with van der Waals surface area (Å²) < 4.78 is 19.3. The Labute approximate surface area is 104 Å². The number of ether oxygens (including phenoxy) is 1. The van der Waals surface area contributed by atoms with Gasteiger partial charge in [-0.3, -0.25) is 0 Å². The Kier molecular flexibility index (Phi) is 3.25. The van der Waals surface area contributed by atoms with E-state index in [9.17, 15) is 9.18 Å². The van der Waals surface area contributed by atoms with Crippen LogP contribution >= 0.6 is 27.3 Å². The van der Waals surface area contributed by atoms with E-state index >= 15 is 0 Å². The molecule has 0 N–H and O–H groups in total. The SMILES string of the molecule is CCOC(=O)c1sc2cc(F)ccc2c1Br. The Morgan fingerprint density at radius 1 is 1.56 bits per heavy atom. The zero-order chi connectivity index (χ0) is 11.7. The summed E-state index contributed by atoms with van der Waals surface area (Å²) in [6, 6.07) is 4.43. The molecular formula is C11H8BrFO2S. The third-order valence-corrected chi connectivity index (χ3v) is 4.27. The summed E-state index contributed by atoms with van der Waals surface area (Å²) in [5.41, 5.74) is 0. The lowest BCUT2D eigenvalue weighted by molar-refractivity contribution is 0.0531. The first kappa shape index (κ1) is 11.5. The van der Waals surface area contributed by atoms with Crippen molar-refractivity contribution in [3.8, 4) is 0 Å². The van der Waals surface area contributed by atoms with E-state index in [-0.39, 0.29) is 11.8 Å². The van der Waals surface area contributed by atoms with E-state index in [2.05, 4.69) is 15.9 Å². The van der Waals surface area contributed by atoms with Crippen LogP contribution in [0.5, 0.6) is 0 Å². The van der Waals surface area contributed by atoms with Crippen LogP contribution in [0.1, 0.15) is 16.6 Å². The number of halogens is 2. The van der Waals surface area contributed by atoms with Gasteiger partial charge >= 0.3 is 5.97 Å². The van der Waals surface area contributed by atoms with Crippen molar-refractivity contribution in [1.29, 1.82) is 0 Å². The molecule has 5 heteroatoms. The van der Waals surface area contributed by atoms with Crippen molar-refractivity contribution in [2.45, 2.75) is 6.92 Å². The fourth-order valence-corrected chi connectivity index (χ4v) is 3.26. The van der Waals surface area contributed by atoms with Gasteiger partial charge in [0.2, 0.25) is 0 Å². The van der Waals surface area contributed by atoms with Crippen LogP contribution in [0, 0.1) is 5.82 Å². The van der Waals surface area contributed by atoms with E-state index in [4.69, 9.17) is 4.74 Å². The molecule has 84 valence electrons. The van der Waals surface area contributed by atoms with Gasteiger partial charge < -0.3 is 4.74 Å². The fourth-order valence-electron chi connectivity index (χ4n) is 1.37. The quantitative estimate of drug-likeness (QED) is 0.784. The summed E-state index contributed by atoms with van der Waals surface area (Å²) >= 11 is 4.56. The molecule has 0 aliphatic carbocycles. The average Bonchev–Trinajstić information content (AvgIpc) is 2.56. The van der Waals surface area contributed by atoms with E-state index in [1.807, 2.05) is 0 Å². The summed E-state index contributed by atoms with van der Waals surface area (Å²) in [5, 5.41) is 0.828. The number of carbonyl (C=O) groups is 1. The van der Waals surface area contributed by atoms with Gasteiger partial charge in [0.15, 0.2) is 0 Å². The highest BCUT2D eigenvalue weighted by molar-refractivity contribution is 9.10. The number of hydrogen-bond donors (Lipinski definition) is 0. The van der Waals surface area contributed by atoms with Crippen LogP contribution in [-0.2, 0) is 4.74 Å². The molecule has 0 unspecified atom stereocenters. The fraction of sp³-hybridized carbons (Fsp3) is 0.182. The standard InChI is InChI=1S/C11H8BrFO2S/c1-2-15-11(14)10-9(12)7-4-3-6(13)5-8(7)16-10/h3-5H,2H2,1H3. The molecule has 0 saturated carbocycles. The van der Waals surface area contributed by atoms with Crippen molar-refractivity contribution in [3.05, 3.63) is 33.4 Å². The van der Waals surface area contributed by atoms with Crippen LogP contribution in [-0.4, -0.2) is 12.6 Å². The zero-order valence-corrected chi connectivity index (χ0v) is 10.8. The minimum Gasteiger partial charge on any atom is -0.462 e. The first-order valence-corrected chi connectivity index (χ1v) is 6.29. The Balaban J connectivity index is 2.55. The van der Waals surface area contributed by atoms with E-state index in [0.29, 0.717) is 16.0 Å². The number of thiophene rings is 1. The molecule has 1 aromatic carbocycles. The molecule has 1 aromatic heterocycles. The number of benzene rings is 1. The molecule has 2 rings (SSSR count). The lowest BCUT2D eigenvalue weighted by Crippen LogP contribution is -2.02. The van der Waals surface area contributed by atoms with Gasteiger partial charge in [-0.05, 0) is 41.1 Å². The highest BCUT2D eigenvalue weighted by Gasteiger charge is 2.17. The normalized spacial score (nSPS) is 10.7. The topological polar surface area (TPSA) is 26.3 Å². The highest BCUT2D eigenvalue weighted by Crippen LogP contribution is 2.36. The number of fused-ring (bicyclic) bond motifs is 1. The number of hydrogen-bond acceptors (Lipinski definition) is 3. The lowest BCUT2D eigenvalue weighted by atomic mass is 10.2. The molecule has 0 amide bonds. The molecule has 0 bridgehead atoms. The minimum absolute atomic E-state index is 0.309. The van der Waals surface area contributed by atoms with Gasteiger partial charge in [0.05, 0.1) is 11.1 Å². The molecular weight excluding hydrogens is 295 g/mol. The Bertz CT molecular complexity index is 550. The molecule has 0 saturated heterocycles. The van der Waals surface area contributed by atoms with Gasteiger partial charge in [-0.25, -0.2) is 9.18 Å². The first-order valence-electron chi connectivity index (χ1n) is 4.68. The Hall–Kier alpha value is -0.940. The number of rotatable bonds is 2. The van der Waals surface area contributed by atoms with Crippen molar-refractivity contribution >= 4 is 43.3 Å². The van der Waals surface area contributed by atoms with Crippen LogP contribution < -0.4 is 0 Å². The minimum atomic E-state index is -0.379. The molecule has 0 fully saturated rings. The van der Waals surface area contributed by atoms with Crippen LogP contribution in [0.4, 0.5) is 4.39 Å². The van der Waals surface area contributed by atoms with Gasteiger partial charge in [-0.1, -0.05) is 0 Å². The molecule has 0 radical (unpaired) electrons. The van der Waals surface area contributed by atoms with Crippen LogP contribution in [0.25, 0.3) is 10.1 Å². The third-order valence-electron chi connectivity index (χ3n) is 2.05. The summed E-state index contributed by atoms with van der Waals surface area (Å²) in [7, 11) is 0. The molecule has 0 aliphatic rings. The summed E-state index contributed by atoms with van der Waals surface area (Å²) in [5.74, 6) is -0.687. The monoisotopic (exact) mass is 302 g/mol. The van der Waals surface area contributed by atoms with E-state index in [1.54, 1.807) is 13.0 Å². The second-order valence-corrected chi connectivity index (χ2v) is 4.95. The van der Waals surface area contributed by atoms with Crippen molar-refractivity contribution in [2.24, 2.45) is 0 Å². The third kappa shape index (κ3) is 1.97. The molecule has 2 aromatic rings. The summed E-state index contributed by atoms with van der Waals surface area (Å²) in [6.45, 7) is 2.08. The molecule has 2 nitrogen and oxygen atoms in total. The molecule has 1 heterocycles. The summed E-state index contributed by atoms with van der Waals surface area (Å²) in [4.78, 5) is 12.1. The summed E-state index contributed by atoms with van der Waals surface area (Å²) in [6.07, 6.45) is 0. The second-order valence-electron chi connectivity index (χ2n) is 3.11. The molecule has 0 spiro atoms. The van der Waals surface area contributed by atoms with E-state index in [0.717, 1.165) is 10.1 Å². The van der Waals surface area contributed by atoms with Crippen molar-refractivity contribution in [2.75, 3.05) is 6.61 Å². The van der Waals surface area contributed by atoms with Crippen molar-refractivity contribution in [1.82, 2.24) is 0 Å². The van der Waals surface area contributed by atoms with Gasteiger partial charge in [0.25, 0.3) is 0 Å². The maximum absolute atomic E-state index is 13.0. The van der Waals surface area contributed by atoms with E-state index in [1.165, 1.54) is 23.5 Å². The molecule has 0 atom stereocenters. The highest BCUT2D eigenvalue weighted by atomic mass is 79.9. The maximum Gasteiger partial charge on any atom is 0.349 e. The Morgan fingerprint density at radius 3 is 3.00 bits per heavy atom. The smallest absolute Gasteiger partial charge is 0.349 e. The average molecular weight is 303 g/mol. The van der Waals surface area contributed by atoms with Crippen molar-refractivity contribution < 1.29 is 13.9 Å². The molecule has 0 aliphatic heterocycles. The predicted molar refractivity (Wildman–Crippen MR) is 65.4 cm³/mol. The number of carbonyl (C=O) groups excluding carboxylic acids is 1. The maximum atomic E-state index is 13.0. The van der Waals surface area contributed by atoms with Gasteiger partial charge in [-0.15, -0.1) is 11.3 Å². The van der Waals surface area contributed by atoms with E-state index < -0.39 is 0 Å². The van der Waals surface area contributed by atoms with Gasteiger partial charge in [0, 0.05) is 10.1 Å². The number of esters is 1. The Morgan fingerprint density at radius 2 is 2.31 bits per heavy atom. The van der Waals surface area contributed by atoms with Gasteiger partial charge in [0.1, 0.15) is 10.7 Å². The van der Waals surface area contributed by atoms with Crippen LogP contribution in [0.3, 0.4) is 0 Å². The van der Waals surface area contributed by atoms with Crippen LogP contribution in [0.15, 0.2) is 22.7 Å². The van der Waals surface area contributed by atoms with Crippen LogP contribution in [0.2, 0.25) is 0 Å². The molecule has 16 heavy (non-hydrogen) atoms. The second kappa shape index (κ2) is 4.51. The largest absolute Gasteiger partial charge is 0.462 e. The predicted octanol–water partition coefficient (Wildman–Crippen LogP) is 3.98. The lowest BCUT2D eigenvalue weighted by Gasteiger charge is -1.98. The zero-order valence-electron chi connectivity index (χ0n) is 8.42. The van der Waals surface area contributed by atoms with Gasteiger partial charge in [-0.2, -0.15) is 0 Å². The van der Waals surface area contributed by atoms with Crippen molar-refractivity contribution in [3.63, 3.8) is 0 Å². The first-order chi connectivity index (χ1) is 7.63.